The Labute approximate surface area is 153 Å². The molecule has 3 rings (SSSR count). The van der Waals surface area contributed by atoms with Gasteiger partial charge in [-0.25, -0.2) is 4.79 Å². The first-order valence-electron chi connectivity index (χ1n) is 7.63. The molecule has 1 aliphatic heterocycles. The lowest BCUT2D eigenvalue weighted by Crippen LogP contribution is -2.46. The fourth-order valence-corrected chi connectivity index (χ4v) is 4.01. The molecule has 25 heavy (non-hydrogen) atoms. The van der Waals surface area contributed by atoms with E-state index in [4.69, 9.17) is 0 Å². The van der Waals surface area contributed by atoms with Crippen LogP contribution in [-0.2, 0) is 11.3 Å². The van der Waals surface area contributed by atoms with Crippen LogP contribution in [0.25, 0.3) is 0 Å². The largest absolute Gasteiger partial charge is 0.347 e. The highest BCUT2D eigenvalue weighted by Crippen LogP contribution is 2.25. The monoisotopic (exact) mass is 375 g/mol. The summed E-state index contributed by atoms with van der Waals surface area (Å²) in [6.45, 7) is 2.18. The van der Waals surface area contributed by atoms with Gasteiger partial charge >= 0.3 is 6.03 Å². The van der Waals surface area contributed by atoms with Crippen LogP contribution in [-0.4, -0.2) is 29.1 Å². The highest BCUT2D eigenvalue weighted by molar-refractivity contribution is 7.99. The number of rotatable bonds is 6. The number of urea groups is 1. The molecule has 1 aromatic carbocycles. The van der Waals surface area contributed by atoms with Gasteiger partial charge < -0.3 is 10.6 Å². The van der Waals surface area contributed by atoms with Gasteiger partial charge in [0.05, 0.1) is 6.54 Å². The van der Waals surface area contributed by atoms with Crippen molar-refractivity contribution in [3.05, 3.63) is 52.2 Å². The molecule has 0 saturated carbocycles. The molecule has 4 amide bonds. The van der Waals surface area contributed by atoms with E-state index in [1.165, 1.54) is 11.8 Å². The predicted molar refractivity (Wildman–Crippen MR) is 97.7 cm³/mol. The van der Waals surface area contributed by atoms with E-state index in [0.717, 1.165) is 9.77 Å². The Bertz CT molecular complexity index is 807. The van der Waals surface area contributed by atoms with Crippen molar-refractivity contribution in [3.63, 3.8) is 0 Å². The molecule has 130 valence electrons. The second-order valence-electron chi connectivity index (χ2n) is 5.82. The molecule has 0 bridgehead atoms. The molecule has 3 N–H and O–H groups in total. The van der Waals surface area contributed by atoms with Gasteiger partial charge in [0.15, 0.2) is 0 Å². The molecular formula is C17H17N3O3S2. The molecule has 1 aliphatic rings. The Kier molecular flexibility index (Phi) is 5.10. The van der Waals surface area contributed by atoms with E-state index in [-0.39, 0.29) is 11.8 Å². The van der Waals surface area contributed by atoms with Gasteiger partial charge in [0.1, 0.15) is 5.54 Å². The minimum atomic E-state index is -0.945. The van der Waals surface area contributed by atoms with Crippen LogP contribution >= 0.6 is 23.1 Å². The van der Waals surface area contributed by atoms with Crippen molar-refractivity contribution in [2.75, 3.05) is 5.75 Å². The summed E-state index contributed by atoms with van der Waals surface area (Å²) in [4.78, 5) is 37.3. The van der Waals surface area contributed by atoms with Crippen LogP contribution < -0.4 is 16.0 Å². The molecule has 1 atom stereocenters. The van der Waals surface area contributed by atoms with Crippen molar-refractivity contribution in [3.8, 4) is 0 Å². The zero-order valence-corrected chi connectivity index (χ0v) is 15.1. The SMILES string of the molecule is CC1(CSc2cccc(C(=O)NCc3cccs3)c2)NC(=O)NC1=O. The first kappa shape index (κ1) is 17.5. The highest BCUT2D eigenvalue weighted by Gasteiger charge is 2.41. The van der Waals surface area contributed by atoms with Crippen LogP contribution in [0.15, 0.2) is 46.7 Å². The zero-order chi connectivity index (χ0) is 17.9. The molecule has 1 unspecified atom stereocenters. The number of imide groups is 1. The van der Waals surface area contributed by atoms with Gasteiger partial charge in [-0.1, -0.05) is 12.1 Å². The third kappa shape index (κ3) is 4.21. The second kappa shape index (κ2) is 7.28. The van der Waals surface area contributed by atoms with Crippen LogP contribution in [0.2, 0.25) is 0 Å². The van der Waals surface area contributed by atoms with Crippen LogP contribution in [0, 0.1) is 0 Å². The topological polar surface area (TPSA) is 87.3 Å². The Morgan fingerprint density at radius 2 is 2.12 bits per heavy atom. The first-order valence-corrected chi connectivity index (χ1v) is 9.50. The van der Waals surface area contributed by atoms with E-state index >= 15 is 0 Å². The first-order chi connectivity index (χ1) is 12.0. The van der Waals surface area contributed by atoms with E-state index in [2.05, 4.69) is 16.0 Å². The minimum Gasteiger partial charge on any atom is -0.347 e. The number of amides is 4. The Morgan fingerprint density at radius 1 is 1.28 bits per heavy atom. The number of carbonyl (C=O) groups is 3. The second-order valence-corrected chi connectivity index (χ2v) is 7.90. The van der Waals surface area contributed by atoms with Crippen molar-refractivity contribution in [1.29, 1.82) is 0 Å². The van der Waals surface area contributed by atoms with Crippen molar-refractivity contribution >= 4 is 40.9 Å². The third-order valence-corrected chi connectivity index (χ3v) is 5.93. The lowest BCUT2D eigenvalue weighted by Gasteiger charge is -2.19. The van der Waals surface area contributed by atoms with Gasteiger partial charge in [-0.3, -0.25) is 14.9 Å². The minimum absolute atomic E-state index is 0.144. The number of benzene rings is 1. The maximum atomic E-state index is 12.3. The van der Waals surface area contributed by atoms with Crippen molar-refractivity contribution < 1.29 is 14.4 Å². The average Bonchev–Trinajstić information content (AvgIpc) is 3.19. The zero-order valence-electron chi connectivity index (χ0n) is 13.5. The van der Waals surface area contributed by atoms with E-state index in [0.29, 0.717) is 17.9 Å². The molecule has 6 nitrogen and oxygen atoms in total. The Hall–Kier alpha value is -2.32. The molecule has 0 spiro atoms. The lowest BCUT2D eigenvalue weighted by atomic mass is 10.1. The summed E-state index contributed by atoms with van der Waals surface area (Å²) >= 11 is 3.01. The normalized spacial score (nSPS) is 19.4. The summed E-state index contributed by atoms with van der Waals surface area (Å²) in [5.74, 6) is -0.103. The molecule has 1 aromatic heterocycles. The smallest absolute Gasteiger partial charge is 0.322 e. The Balaban J connectivity index is 1.60. The number of thiophene rings is 1. The van der Waals surface area contributed by atoms with Crippen molar-refractivity contribution in [2.45, 2.75) is 23.9 Å². The quantitative estimate of drug-likeness (QED) is 0.534. The number of carbonyl (C=O) groups excluding carboxylic acids is 3. The predicted octanol–water partition coefficient (Wildman–Crippen LogP) is 2.37. The summed E-state index contributed by atoms with van der Waals surface area (Å²) < 4.78 is 0. The van der Waals surface area contributed by atoms with Crippen LogP contribution in [0.1, 0.15) is 22.2 Å². The van der Waals surface area contributed by atoms with Gasteiger partial charge in [-0.05, 0) is 36.6 Å². The third-order valence-electron chi connectivity index (χ3n) is 3.74. The molecule has 2 aromatic rings. The van der Waals surface area contributed by atoms with Gasteiger partial charge in [0, 0.05) is 21.1 Å². The lowest BCUT2D eigenvalue weighted by molar-refractivity contribution is -0.122. The molecular weight excluding hydrogens is 358 g/mol. The van der Waals surface area contributed by atoms with Crippen LogP contribution in [0.5, 0.6) is 0 Å². The molecule has 0 aliphatic carbocycles. The summed E-state index contributed by atoms with van der Waals surface area (Å²) in [6.07, 6.45) is 0. The highest BCUT2D eigenvalue weighted by atomic mass is 32.2. The van der Waals surface area contributed by atoms with E-state index < -0.39 is 11.6 Å². The van der Waals surface area contributed by atoms with E-state index in [1.807, 2.05) is 23.6 Å². The summed E-state index contributed by atoms with van der Waals surface area (Å²) in [6, 6.07) is 10.7. The number of hydrogen-bond donors (Lipinski definition) is 3. The number of hydrogen-bond acceptors (Lipinski definition) is 5. The summed E-state index contributed by atoms with van der Waals surface area (Å²) in [5.41, 5.74) is -0.384. The average molecular weight is 375 g/mol. The standard InChI is InChI=1S/C17H17N3O3S2/c1-17(15(22)19-16(23)20-17)10-25-12-5-2-4-11(8-12)14(21)18-9-13-6-3-7-24-13/h2-8H,9-10H2,1H3,(H,18,21)(H2,19,20,22,23). The van der Waals surface area contributed by atoms with Crippen molar-refractivity contribution in [1.82, 2.24) is 16.0 Å². The van der Waals surface area contributed by atoms with Crippen LogP contribution in [0.3, 0.4) is 0 Å². The van der Waals surface area contributed by atoms with Gasteiger partial charge in [0.25, 0.3) is 11.8 Å². The maximum Gasteiger partial charge on any atom is 0.322 e. The molecule has 1 saturated heterocycles. The van der Waals surface area contributed by atoms with Crippen molar-refractivity contribution in [2.24, 2.45) is 0 Å². The molecule has 8 heteroatoms. The van der Waals surface area contributed by atoms with Gasteiger partial charge in [0.2, 0.25) is 0 Å². The summed E-state index contributed by atoms with van der Waals surface area (Å²) in [7, 11) is 0. The molecule has 2 heterocycles. The fourth-order valence-electron chi connectivity index (χ4n) is 2.32. The molecule has 1 fully saturated rings. The Morgan fingerprint density at radius 3 is 2.80 bits per heavy atom. The van der Waals surface area contributed by atoms with Gasteiger partial charge in [-0.15, -0.1) is 23.1 Å². The number of nitrogens with one attached hydrogen (secondary N) is 3. The van der Waals surface area contributed by atoms with E-state index in [1.54, 1.807) is 36.5 Å². The van der Waals surface area contributed by atoms with E-state index in [9.17, 15) is 14.4 Å². The fraction of sp³-hybridized carbons (Fsp3) is 0.235. The number of thioether (sulfide) groups is 1. The molecule has 0 radical (unpaired) electrons. The van der Waals surface area contributed by atoms with Gasteiger partial charge in [-0.2, -0.15) is 0 Å². The van der Waals surface area contributed by atoms with Crippen LogP contribution in [0.4, 0.5) is 4.79 Å². The summed E-state index contributed by atoms with van der Waals surface area (Å²) in [5, 5.41) is 9.72. The maximum absolute atomic E-state index is 12.3.